The fourth-order valence-corrected chi connectivity index (χ4v) is 1.86. The van der Waals surface area contributed by atoms with Gasteiger partial charge in [0.1, 0.15) is 11.5 Å². The standard InChI is InChI=1S/C12H12N4O/c1-15-7-5-13-12(15)11(17)9-8-16-6-3-2-4-10(16)14-9/h2-8,11,17H,1H3. The first-order valence-corrected chi connectivity index (χ1v) is 5.34. The van der Waals surface area contributed by atoms with Crippen LogP contribution in [0.1, 0.15) is 17.6 Å². The van der Waals surface area contributed by atoms with Crippen molar-refractivity contribution in [1.82, 2.24) is 18.9 Å². The van der Waals surface area contributed by atoms with Crippen molar-refractivity contribution >= 4 is 5.65 Å². The van der Waals surface area contributed by atoms with Crippen molar-refractivity contribution in [2.45, 2.75) is 6.10 Å². The predicted octanol–water partition coefficient (Wildman–Crippen LogP) is 1.15. The Morgan fingerprint density at radius 3 is 2.88 bits per heavy atom. The predicted molar refractivity (Wildman–Crippen MR) is 62.5 cm³/mol. The molecule has 0 saturated heterocycles. The molecule has 0 aromatic carbocycles. The molecule has 3 heterocycles. The molecule has 3 aromatic rings. The number of hydrogen-bond donors (Lipinski definition) is 1. The molecule has 5 heteroatoms. The Kier molecular flexibility index (Phi) is 2.19. The molecule has 86 valence electrons. The second-order valence-corrected chi connectivity index (χ2v) is 3.93. The van der Waals surface area contributed by atoms with E-state index in [1.54, 1.807) is 17.0 Å². The summed E-state index contributed by atoms with van der Waals surface area (Å²) in [5.74, 6) is 0.591. The van der Waals surface area contributed by atoms with Crippen LogP contribution in [0.3, 0.4) is 0 Å². The molecule has 0 spiro atoms. The van der Waals surface area contributed by atoms with E-state index < -0.39 is 6.10 Å². The van der Waals surface area contributed by atoms with Crippen molar-refractivity contribution in [3.05, 3.63) is 54.5 Å². The summed E-state index contributed by atoms with van der Waals surface area (Å²) in [5.41, 5.74) is 1.42. The highest BCUT2D eigenvalue weighted by Crippen LogP contribution is 2.19. The molecule has 1 atom stereocenters. The zero-order chi connectivity index (χ0) is 11.8. The number of aliphatic hydroxyl groups is 1. The van der Waals surface area contributed by atoms with Crippen LogP contribution in [0.25, 0.3) is 5.65 Å². The van der Waals surface area contributed by atoms with E-state index in [0.717, 1.165) is 5.65 Å². The number of imidazole rings is 2. The average molecular weight is 228 g/mol. The smallest absolute Gasteiger partial charge is 0.155 e. The quantitative estimate of drug-likeness (QED) is 0.715. The number of nitrogens with zero attached hydrogens (tertiary/aromatic N) is 4. The highest BCUT2D eigenvalue weighted by atomic mass is 16.3. The minimum Gasteiger partial charge on any atom is -0.379 e. The van der Waals surface area contributed by atoms with Crippen LogP contribution in [0.5, 0.6) is 0 Å². The molecule has 0 amide bonds. The summed E-state index contributed by atoms with van der Waals surface area (Å²) < 4.78 is 3.66. The number of pyridine rings is 1. The number of hydrogen-bond acceptors (Lipinski definition) is 3. The van der Waals surface area contributed by atoms with Gasteiger partial charge in [-0.15, -0.1) is 0 Å². The maximum atomic E-state index is 10.2. The van der Waals surface area contributed by atoms with Gasteiger partial charge in [0, 0.05) is 31.8 Å². The Labute approximate surface area is 98.0 Å². The van der Waals surface area contributed by atoms with Crippen molar-refractivity contribution in [1.29, 1.82) is 0 Å². The Bertz CT molecular complexity index is 622. The van der Waals surface area contributed by atoms with Gasteiger partial charge in [0.15, 0.2) is 6.10 Å². The lowest BCUT2D eigenvalue weighted by Gasteiger charge is -2.06. The van der Waals surface area contributed by atoms with Gasteiger partial charge in [-0.25, -0.2) is 9.97 Å². The first-order valence-electron chi connectivity index (χ1n) is 5.34. The highest BCUT2D eigenvalue weighted by molar-refractivity contribution is 5.40. The number of aromatic nitrogens is 4. The summed E-state index contributed by atoms with van der Waals surface area (Å²) in [7, 11) is 1.85. The van der Waals surface area contributed by atoms with Crippen LogP contribution in [0.2, 0.25) is 0 Å². The van der Waals surface area contributed by atoms with E-state index in [4.69, 9.17) is 0 Å². The summed E-state index contributed by atoms with van der Waals surface area (Å²) in [4.78, 5) is 8.50. The minimum atomic E-state index is -0.796. The summed E-state index contributed by atoms with van der Waals surface area (Å²) in [6, 6.07) is 5.74. The molecule has 1 unspecified atom stereocenters. The molecule has 0 radical (unpaired) electrons. The van der Waals surface area contributed by atoms with Gasteiger partial charge < -0.3 is 14.1 Å². The van der Waals surface area contributed by atoms with Crippen LogP contribution in [-0.4, -0.2) is 24.0 Å². The summed E-state index contributed by atoms with van der Waals surface area (Å²) in [5, 5.41) is 10.2. The molecule has 3 rings (SSSR count). The summed E-state index contributed by atoms with van der Waals surface area (Å²) >= 11 is 0. The third kappa shape index (κ3) is 1.60. The average Bonchev–Trinajstić information content (AvgIpc) is 2.93. The number of aryl methyl sites for hydroxylation is 1. The molecule has 0 aliphatic heterocycles. The first-order chi connectivity index (χ1) is 8.25. The van der Waals surface area contributed by atoms with E-state index in [-0.39, 0.29) is 0 Å². The van der Waals surface area contributed by atoms with E-state index in [1.165, 1.54) is 0 Å². The van der Waals surface area contributed by atoms with Gasteiger partial charge in [-0.2, -0.15) is 0 Å². The largest absolute Gasteiger partial charge is 0.379 e. The van der Waals surface area contributed by atoms with Gasteiger partial charge in [0.2, 0.25) is 0 Å². The molecule has 0 saturated carbocycles. The van der Waals surface area contributed by atoms with Crippen LogP contribution in [0, 0.1) is 0 Å². The van der Waals surface area contributed by atoms with Crippen LogP contribution in [-0.2, 0) is 7.05 Å². The Morgan fingerprint density at radius 1 is 1.29 bits per heavy atom. The van der Waals surface area contributed by atoms with Crippen LogP contribution in [0.15, 0.2) is 43.0 Å². The third-order valence-corrected chi connectivity index (χ3v) is 2.77. The molecule has 1 N–H and O–H groups in total. The molecular formula is C12H12N4O. The summed E-state index contributed by atoms with van der Waals surface area (Å²) in [6.07, 6.45) is 6.38. The number of fused-ring (bicyclic) bond motifs is 1. The fourth-order valence-electron chi connectivity index (χ4n) is 1.86. The third-order valence-electron chi connectivity index (χ3n) is 2.77. The van der Waals surface area contributed by atoms with Crippen molar-refractivity contribution in [2.75, 3.05) is 0 Å². The molecule has 0 aliphatic carbocycles. The Morgan fingerprint density at radius 2 is 2.18 bits per heavy atom. The van der Waals surface area contributed by atoms with Crippen molar-refractivity contribution in [2.24, 2.45) is 7.05 Å². The van der Waals surface area contributed by atoms with Crippen LogP contribution >= 0.6 is 0 Å². The molecule has 3 aromatic heterocycles. The van der Waals surface area contributed by atoms with E-state index in [1.807, 2.05) is 42.0 Å². The van der Waals surface area contributed by atoms with Gasteiger partial charge in [-0.1, -0.05) is 6.07 Å². The molecule has 0 fully saturated rings. The monoisotopic (exact) mass is 228 g/mol. The molecule has 0 bridgehead atoms. The zero-order valence-corrected chi connectivity index (χ0v) is 9.35. The number of aliphatic hydroxyl groups excluding tert-OH is 1. The molecule has 0 aliphatic rings. The lowest BCUT2D eigenvalue weighted by molar-refractivity contribution is 0.202. The highest BCUT2D eigenvalue weighted by Gasteiger charge is 2.17. The van der Waals surface area contributed by atoms with Crippen molar-refractivity contribution in [3.8, 4) is 0 Å². The second-order valence-electron chi connectivity index (χ2n) is 3.93. The Balaban J connectivity index is 2.07. The molecule has 5 nitrogen and oxygen atoms in total. The lowest BCUT2D eigenvalue weighted by Crippen LogP contribution is -2.07. The van der Waals surface area contributed by atoms with E-state index in [2.05, 4.69) is 9.97 Å². The van der Waals surface area contributed by atoms with Gasteiger partial charge in [0.25, 0.3) is 0 Å². The van der Waals surface area contributed by atoms with Crippen LogP contribution in [0.4, 0.5) is 0 Å². The van der Waals surface area contributed by atoms with Crippen molar-refractivity contribution < 1.29 is 5.11 Å². The van der Waals surface area contributed by atoms with Gasteiger partial charge in [-0.3, -0.25) is 0 Å². The van der Waals surface area contributed by atoms with Gasteiger partial charge in [-0.05, 0) is 12.1 Å². The van der Waals surface area contributed by atoms with Crippen molar-refractivity contribution in [3.63, 3.8) is 0 Å². The van der Waals surface area contributed by atoms with E-state index >= 15 is 0 Å². The topological polar surface area (TPSA) is 55.3 Å². The van der Waals surface area contributed by atoms with Crippen LogP contribution < -0.4 is 0 Å². The van der Waals surface area contributed by atoms with Gasteiger partial charge >= 0.3 is 0 Å². The fraction of sp³-hybridized carbons (Fsp3) is 0.167. The zero-order valence-electron chi connectivity index (χ0n) is 9.35. The first kappa shape index (κ1) is 10.0. The van der Waals surface area contributed by atoms with E-state index in [0.29, 0.717) is 11.5 Å². The maximum absolute atomic E-state index is 10.2. The number of rotatable bonds is 2. The SMILES string of the molecule is Cn1ccnc1C(O)c1cn2ccccc2n1. The normalized spacial score (nSPS) is 13.1. The second kappa shape index (κ2) is 3.71. The molecule has 17 heavy (non-hydrogen) atoms. The van der Waals surface area contributed by atoms with Gasteiger partial charge in [0.05, 0.1) is 5.69 Å². The van der Waals surface area contributed by atoms with E-state index in [9.17, 15) is 5.11 Å². The summed E-state index contributed by atoms with van der Waals surface area (Å²) in [6.45, 7) is 0. The lowest BCUT2D eigenvalue weighted by atomic mass is 10.2. The Hall–Kier alpha value is -2.14. The molecular weight excluding hydrogens is 216 g/mol. The minimum absolute atomic E-state index is 0.591. The maximum Gasteiger partial charge on any atom is 0.155 e.